The summed E-state index contributed by atoms with van der Waals surface area (Å²) in [6.45, 7) is 0. The highest BCUT2D eigenvalue weighted by Gasteiger charge is 2.07. The van der Waals surface area contributed by atoms with Crippen LogP contribution in [-0.4, -0.2) is 17.0 Å². The maximum Gasteiger partial charge on any atom is 0.143 e. The molecule has 2 rings (SSSR count). The van der Waals surface area contributed by atoms with Crippen LogP contribution in [0.15, 0.2) is 34.9 Å². The van der Waals surface area contributed by atoms with Gasteiger partial charge in [-0.05, 0) is 27.6 Å². The minimum absolute atomic E-state index is 0.231. The van der Waals surface area contributed by atoms with Crippen LogP contribution in [0.2, 0.25) is 0 Å². The van der Waals surface area contributed by atoms with Crippen LogP contribution in [0.25, 0.3) is 0 Å². The first-order chi connectivity index (χ1) is 8.20. The van der Waals surface area contributed by atoms with E-state index in [0.717, 1.165) is 4.47 Å². The fraction of sp³-hybridized carbons (Fsp3) is 0.167. The summed E-state index contributed by atoms with van der Waals surface area (Å²) >= 11 is 3.33. The molecule has 1 N–H and O–H groups in total. The van der Waals surface area contributed by atoms with E-state index in [1.165, 1.54) is 6.07 Å². The van der Waals surface area contributed by atoms with Crippen LogP contribution in [0.4, 0.5) is 10.2 Å². The van der Waals surface area contributed by atoms with Crippen LogP contribution < -0.4 is 5.32 Å². The highest BCUT2D eigenvalue weighted by molar-refractivity contribution is 9.10. The lowest BCUT2D eigenvalue weighted by Gasteiger charge is -2.06. The maximum atomic E-state index is 13.5. The van der Waals surface area contributed by atoms with Gasteiger partial charge in [-0.15, -0.1) is 0 Å². The van der Waals surface area contributed by atoms with Gasteiger partial charge in [0.2, 0.25) is 0 Å². The molecule has 0 saturated carbocycles. The molecule has 0 atom stereocenters. The van der Waals surface area contributed by atoms with Crippen molar-refractivity contribution < 1.29 is 4.39 Å². The lowest BCUT2D eigenvalue weighted by molar-refractivity contribution is 0.612. The third-order valence-electron chi connectivity index (χ3n) is 2.34. The van der Waals surface area contributed by atoms with Crippen LogP contribution in [0, 0.1) is 5.82 Å². The number of rotatable bonds is 3. The molecular weight excluding hydrogens is 285 g/mol. The van der Waals surface area contributed by atoms with E-state index in [1.54, 1.807) is 31.4 Å². The molecule has 1 aromatic heterocycles. The molecule has 1 aromatic carbocycles. The second-order valence-electron chi connectivity index (χ2n) is 3.50. The highest BCUT2D eigenvalue weighted by Crippen LogP contribution is 2.19. The first kappa shape index (κ1) is 12.0. The molecule has 17 heavy (non-hydrogen) atoms. The summed E-state index contributed by atoms with van der Waals surface area (Å²) in [7, 11) is 1.78. The smallest absolute Gasteiger partial charge is 0.143 e. The molecule has 0 unspecified atom stereocenters. The molecule has 0 amide bonds. The van der Waals surface area contributed by atoms with E-state index in [9.17, 15) is 4.39 Å². The third kappa shape index (κ3) is 2.79. The molecule has 0 bridgehead atoms. The van der Waals surface area contributed by atoms with E-state index in [4.69, 9.17) is 0 Å². The van der Waals surface area contributed by atoms with Crippen molar-refractivity contribution in [1.29, 1.82) is 0 Å². The Hall–Kier alpha value is -1.49. The molecule has 0 spiro atoms. The van der Waals surface area contributed by atoms with Crippen molar-refractivity contribution in [3.63, 3.8) is 0 Å². The average Bonchev–Trinajstić information content (AvgIpc) is 2.34. The van der Waals surface area contributed by atoms with Crippen LogP contribution in [-0.2, 0) is 6.42 Å². The number of hydrogen-bond acceptors (Lipinski definition) is 3. The van der Waals surface area contributed by atoms with Gasteiger partial charge in [0.05, 0.1) is 4.47 Å². The number of nitrogens with one attached hydrogen (secondary N) is 1. The molecule has 0 aliphatic carbocycles. The Balaban J connectivity index is 2.28. The fourth-order valence-electron chi connectivity index (χ4n) is 1.48. The largest absolute Gasteiger partial charge is 0.372 e. The molecule has 0 aliphatic heterocycles. The monoisotopic (exact) mass is 295 g/mol. The summed E-state index contributed by atoms with van der Waals surface area (Å²) in [4.78, 5) is 8.45. The van der Waals surface area contributed by atoms with Gasteiger partial charge in [0, 0.05) is 19.7 Å². The zero-order valence-electron chi connectivity index (χ0n) is 9.24. The molecule has 2 aromatic rings. The Morgan fingerprint density at radius 1 is 1.35 bits per heavy atom. The van der Waals surface area contributed by atoms with Gasteiger partial charge < -0.3 is 5.32 Å². The zero-order valence-corrected chi connectivity index (χ0v) is 10.8. The summed E-state index contributed by atoms with van der Waals surface area (Å²) in [6.07, 6.45) is 2.05. The Morgan fingerprint density at radius 2 is 2.12 bits per heavy atom. The minimum Gasteiger partial charge on any atom is -0.372 e. The van der Waals surface area contributed by atoms with Gasteiger partial charge in [0.1, 0.15) is 17.5 Å². The molecule has 3 nitrogen and oxygen atoms in total. The Kier molecular flexibility index (Phi) is 3.68. The van der Waals surface area contributed by atoms with E-state index < -0.39 is 0 Å². The summed E-state index contributed by atoms with van der Waals surface area (Å²) in [5.74, 6) is 1.05. The van der Waals surface area contributed by atoms with Gasteiger partial charge in [-0.1, -0.05) is 18.2 Å². The fourth-order valence-corrected chi connectivity index (χ4v) is 1.87. The Morgan fingerprint density at radius 3 is 2.82 bits per heavy atom. The summed E-state index contributed by atoms with van der Waals surface area (Å²) in [5.41, 5.74) is 0.594. The predicted molar refractivity (Wildman–Crippen MR) is 68.5 cm³/mol. The summed E-state index contributed by atoms with van der Waals surface area (Å²) in [6, 6.07) is 6.64. The van der Waals surface area contributed by atoms with E-state index in [1.807, 2.05) is 0 Å². The van der Waals surface area contributed by atoms with Crippen molar-refractivity contribution in [3.8, 4) is 0 Å². The lowest BCUT2D eigenvalue weighted by Crippen LogP contribution is -2.02. The van der Waals surface area contributed by atoms with E-state index >= 15 is 0 Å². The molecular formula is C12H11BrFN3. The van der Waals surface area contributed by atoms with Crippen molar-refractivity contribution in [2.45, 2.75) is 6.42 Å². The number of anilines is 1. The number of halogens is 2. The van der Waals surface area contributed by atoms with Crippen LogP contribution >= 0.6 is 15.9 Å². The maximum absolute atomic E-state index is 13.5. The van der Waals surface area contributed by atoms with E-state index in [-0.39, 0.29) is 5.82 Å². The van der Waals surface area contributed by atoms with Crippen molar-refractivity contribution in [3.05, 3.63) is 52.1 Å². The van der Waals surface area contributed by atoms with Crippen molar-refractivity contribution in [1.82, 2.24) is 9.97 Å². The van der Waals surface area contributed by atoms with Crippen molar-refractivity contribution >= 4 is 21.7 Å². The first-order valence-corrected chi connectivity index (χ1v) is 5.92. The van der Waals surface area contributed by atoms with E-state index in [0.29, 0.717) is 23.6 Å². The molecule has 0 aliphatic rings. The lowest BCUT2D eigenvalue weighted by atomic mass is 10.1. The standard InChI is InChI=1S/C12H11BrFN3/c1-15-12-9(13)7-16-11(17-12)6-8-4-2-3-5-10(8)14/h2-5,7H,6H2,1H3,(H,15,16,17). The van der Waals surface area contributed by atoms with Gasteiger partial charge in [-0.2, -0.15) is 0 Å². The minimum atomic E-state index is -0.231. The molecule has 0 radical (unpaired) electrons. The molecule has 5 heteroatoms. The van der Waals surface area contributed by atoms with Gasteiger partial charge in [0.25, 0.3) is 0 Å². The second kappa shape index (κ2) is 5.23. The zero-order chi connectivity index (χ0) is 12.3. The van der Waals surface area contributed by atoms with Crippen LogP contribution in [0.1, 0.15) is 11.4 Å². The van der Waals surface area contributed by atoms with Gasteiger partial charge >= 0.3 is 0 Å². The normalized spacial score (nSPS) is 10.3. The van der Waals surface area contributed by atoms with Crippen molar-refractivity contribution in [2.75, 3.05) is 12.4 Å². The number of hydrogen-bond donors (Lipinski definition) is 1. The average molecular weight is 296 g/mol. The van der Waals surface area contributed by atoms with Crippen molar-refractivity contribution in [2.24, 2.45) is 0 Å². The second-order valence-corrected chi connectivity index (χ2v) is 4.36. The SMILES string of the molecule is CNc1nc(Cc2ccccc2F)ncc1Br. The van der Waals surface area contributed by atoms with Gasteiger partial charge in [-0.25, -0.2) is 14.4 Å². The Labute approximate surface area is 107 Å². The predicted octanol–water partition coefficient (Wildman–Crippen LogP) is 3.01. The summed E-state index contributed by atoms with van der Waals surface area (Å²) in [5, 5.41) is 2.94. The molecule has 88 valence electrons. The molecule has 0 fully saturated rings. The quantitative estimate of drug-likeness (QED) is 0.946. The van der Waals surface area contributed by atoms with E-state index in [2.05, 4.69) is 31.2 Å². The van der Waals surface area contributed by atoms with Crippen LogP contribution in [0.3, 0.4) is 0 Å². The topological polar surface area (TPSA) is 37.8 Å². The third-order valence-corrected chi connectivity index (χ3v) is 2.92. The first-order valence-electron chi connectivity index (χ1n) is 5.13. The van der Waals surface area contributed by atoms with Crippen LogP contribution in [0.5, 0.6) is 0 Å². The Bertz CT molecular complexity index is 531. The number of aromatic nitrogens is 2. The number of benzene rings is 1. The molecule has 1 heterocycles. The van der Waals surface area contributed by atoms with Gasteiger partial charge in [0.15, 0.2) is 0 Å². The highest BCUT2D eigenvalue weighted by atomic mass is 79.9. The number of nitrogens with zero attached hydrogens (tertiary/aromatic N) is 2. The summed E-state index contributed by atoms with van der Waals surface area (Å²) < 4.78 is 14.2. The molecule has 0 saturated heterocycles. The van der Waals surface area contributed by atoms with Gasteiger partial charge in [-0.3, -0.25) is 0 Å².